The largest absolute Gasteiger partial charge is 0.869 e. The zero-order valence-corrected chi connectivity index (χ0v) is 24.4. The van der Waals surface area contributed by atoms with Crippen molar-refractivity contribution in [3.05, 3.63) is 0 Å². The summed E-state index contributed by atoms with van der Waals surface area (Å²) in [5, 5.41) is 162. The monoisotopic (exact) mass is 815 g/mol. The lowest BCUT2D eigenvalue weighted by molar-refractivity contribution is -0.378. The Hall–Kier alpha value is -9.49. The zero-order chi connectivity index (χ0) is 31.0. The molecule has 322 valence electrons. The normalized spacial score (nSPS) is 1.19. The number of carbonyl (C=O) groups excluding carboxylic acids is 3. The van der Waals surface area contributed by atoms with Crippen molar-refractivity contribution < 1.29 is 129 Å². The van der Waals surface area contributed by atoms with Gasteiger partial charge in [-0.1, -0.05) is 4.42 Å². The van der Waals surface area contributed by atoms with Gasteiger partial charge in [-0.3, -0.25) is 0 Å². The Balaban J connectivity index is -0.00000000207. The van der Waals surface area contributed by atoms with Crippen molar-refractivity contribution in [3.8, 4) is 0 Å². The highest BCUT2D eigenvalue weighted by Gasteiger charge is 2.09. The maximum Gasteiger partial charge on any atom is 0.869 e. The van der Waals surface area contributed by atoms with E-state index in [9.17, 15) is 4.79 Å². The molecule has 0 bridgehead atoms. The fraction of sp³-hybridized carbons (Fsp3) is 0. The first-order valence-electron chi connectivity index (χ1n) is 3.67. The van der Waals surface area contributed by atoms with Gasteiger partial charge in [-0.2, -0.15) is 0 Å². The summed E-state index contributed by atoms with van der Waals surface area (Å²) in [5.41, 5.74) is 0. The molecule has 0 aromatic carbocycles. The van der Waals surface area contributed by atoms with Crippen LogP contribution in [0.2, 0.25) is 0 Å². The van der Waals surface area contributed by atoms with E-state index in [1.807, 2.05) is 0 Å². The van der Waals surface area contributed by atoms with Gasteiger partial charge in [0.2, 0.25) is 0 Å². The van der Waals surface area contributed by atoms with Crippen LogP contribution in [0.4, 0.5) is 4.79 Å². The molecule has 0 atom stereocenters. The van der Waals surface area contributed by atoms with Crippen molar-refractivity contribution in [2.75, 3.05) is 0 Å². The Morgan fingerprint density at radius 3 is 0.346 bits per heavy atom. The van der Waals surface area contributed by atoms with Gasteiger partial charge in [-0.05, 0) is 0 Å². The average Bonchev–Trinajstić information content (AvgIpc) is 2.98. The smallest absolute Gasteiger partial charge is 0.507 e. The highest BCUT2D eigenvalue weighted by atomic mass is 16.6. The van der Waals surface area contributed by atoms with Gasteiger partial charge < -0.3 is 115 Å². The maximum atomic E-state index is 9.23. The topological polar surface area (TPSA) is 1320 Å². The van der Waals surface area contributed by atoms with Gasteiger partial charge in [-0.25, -0.2) is 0 Å². The number of carbonyl (C=O) groups is 1. The molecule has 0 aromatic rings. The molecule has 0 amide bonds. The van der Waals surface area contributed by atoms with Crippen LogP contribution >= 0.6 is 0 Å². The van der Waals surface area contributed by atoms with Crippen LogP contribution in [-0.4, -0.2) is 121 Å². The highest BCUT2D eigenvalue weighted by Crippen LogP contribution is 1.52. The predicted octanol–water partition coefficient (Wildman–Crippen LogP) is -17.4. The SMILES string of the molecule is N#N.N#N.N#N.N#N.N#N.N#N.N#N.N#N.N#N.N#N.N#N.N#N.N#N.O.O.O.O.O.O.O.O.O.O.O.O.O.O.O.O.O.O.O.O=C=[O+]C(=O)[OH2+].[OH3+]. The van der Waals surface area contributed by atoms with Gasteiger partial charge in [0, 0.05) is 140 Å². The fourth-order valence-corrected chi connectivity index (χ4v) is 0.0378. The quantitative estimate of drug-likeness (QED) is 0.162. The molecule has 0 unspecified atom stereocenters. The molecule has 0 radical (unpaired) electrons. The summed E-state index contributed by atoms with van der Waals surface area (Å²) in [5.74, 6) is 0. The van der Waals surface area contributed by atoms with E-state index in [2.05, 4.69) is 4.42 Å². The van der Waals surface area contributed by atoms with Crippen molar-refractivity contribution in [3.63, 3.8) is 0 Å². The summed E-state index contributed by atoms with van der Waals surface area (Å²) in [6, 6.07) is 0. The van der Waals surface area contributed by atoms with E-state index < -0.39 is 6.16 Å². The minimum Gasteiger partial charge on any atom is -0.507 e. The maximum absolute atomic E-state index is 9.23. The van der Waals surface area contributed by atoms with Crippen LogP contribution in [0.5, 0.6) is 0 Å². The molecule has 0 aliphatic rings. The van der Waals surface area contributed by atoms with Gasteiger partial charge in [0.1, 0.15) is 9.59 Å². The van der Waals surface area contributed by atoms with Crippen LogP contribution in [0.15, 0.2) is 0 Å². The van der Waals surface area contributed by atoms with E-state index >= 15 is 0 Å². The number of hydrogen-bond acceptors (Lipinski definition) is 28. The molecular formula is C2H43N26O24+3. The highest BCUT2D eigenvalue weighted by molar-refractivity contribution is 5.54. The fourth-order valence-electron chi connectivity index (χ4n) is 0.0378. The molecular weight excluding hydrogens is 772 g/mol. The van der Waals surface area contributed by atoms with Crippen molar-refractivity contribution >= 4 is 12.3 Å². The van der Waals surface area contributed by atoms with E-state index in [1.165, 1.54) is 0 Å². The third-order valence-electron chi connectivity index (χ3n) is 0.134. The molecule has 0 heterocycles. The second-order valence-electron chi connectivity index (χ2n) is 0.473. The first-order valence-corrected chi connectivity index (χ1v) is 3.67. The Kier molecular flexibility index (Phi) is 65700. The summed E-state index contributed by atoms with van der Waals surface area (Å²) in [6.45, 7) is 0. The summed E-state index contributed by atoms with van der Waals surface area (Å²) in [6.07, 6.45) is -0.604. The molecule has 0 rings (SSSR count). The van der Waals surface area contributed by atoms with E-state index in [1.54, 1.807) is 0 Å². The van der Waals surface area contributed by atoms with Gasteiger partial charge in [-0.15, -0.1) is 0 Å². The molecule has 0 saturated carbocycles. The molecule has 43 N–H and O–H groups in total. The van der Waals surface area contributed by atoms with Crippen LogP contribution in [0.1, 0.15) is 0 Å². The lowest BCUT2D eigenvalue weighted by atomic mass is 11.4. The van der Waals surface area contributed by atoms with Crippen LogP contribution in [0.3, 0.4) is 0 Å². The number of nitrogens with zero attached hydrogens (tertiary/aromatic N) is 26. The van der Waals surface area contributed by atoms with Crippen LogP contribution in [-0.2, 0) is 14.7 Å². The van der Waals surface area contributed by atoms with Gasteiger partial charge in [0.05, 0.1) is 0 Å². The lowest BCUT2D eigenvalue weighted by Crippen LogP contribution is -1.87. The molecule has 0 aromatic heterocycles. The molecule has 0 saturated heterocycles. The second kappa shape index (κ2) is 3380. The van der Waals surface area contributed by atoms with Gasteiger partial charge >= 0.3 is 12.3 Å². The Morgan fingerprint density at radius 1 is 0.288 bits per heavy atom. The van der Waals surface area contributed by atoms with Crippen LogP contribution in [0, 0.1) is 140 Å². The lowest BCUT2D eigenvalue weighted by Gasteiger charge is -1.44. The van der Waals surface area contributed by atoms with E-state index in [-0.39, 0.29) is 110 Å². The minimum absolute atomic E-state index is 0. The third-order valence-corrected chi connectivity index (χ3v) is 0.134. The van der Waals surface area contributed by atoms with Gasteiger partial charge in [0.15, 0.2) is 0 Å². The zero-order valence-electron chi connectivity index (χ0n) is 24.4. The second-order valence-corrected chi connectivity index (χ2v) is 0.473. The standard InChI is InChI=1S/C2O4.13N2.20H2O/c3-1-6-2(4)5;13*1-2;;;;;;;;;;;;;;;;;;;;/h;;;;;;;;;;;;;;20*1H2/p+3. The number of rotatable bonds is 0. The Morgan fingerprint density at radius 2 is 0.346 bits per heavy atom. The van der Waals surface area contributed by atoms with E-state index in [0.29, 0.717) is 0 Å². The Labute approximate surface area is 282 Å². The summed E-state index contributed by atoms with van der Waals surface area (Å²) in [7, 11) is 0. The van der Waals surface area contributed by atoms with Crippen molar-refractivity contribution in [1.29, 1.82) is 140 Å². The van der Waals surface area contributed by atoms with E-state index in [4.69, 9.17) is 150 Å². The molecule has 0 spiro atoms. The van der Waals surface area contributed by atoms with Crippen molar-refractivity contribution in [2.45, 2.75) is 0 Å². The first kappa shape index (κ1) is 1010. The molecule has 0 fully saturated rings. The molecule has 0 aliphatic heterocycles. The average molecular weight is 816 g/mol. The molecule has 0 aliphatic carbocycles. The third kappa shape index (κ3) is 1500. The summed E-state index contributed by atoms with van der Waals surface area (Å²) < 4.78 is 3.26. The number of hydrogen-bond donors (Lipinski definition) is 0. The van der Waals surface area contributed by atoms with Gasteiger partial charge in [0.25, 0.3) is 0 Å². The molecule has 52 heavy (non-hydrogen) atoms. The van der Waals surface area contributed by atoms with Crippen LogP contribution < -0.4 is 0 Å². The predicted molar refractivity (Wildman–Crippen MR) is 132 cm³/mol. The first-order chi connectivity index (χ1) is 15.8. The van der Waals surface area contributed by atoms with Crippen molar-refractivity contribution in [1.82, 2.24) is 0 Å². The Bertz CT molecular complexity index is 449. The molecule has 50 nitrogen and oxygen atoms in total. The molecule has 50 heteroatoms. The minimum atomic E-state index is -1.38. The van der Waals surface area contributed by atoms with Crippen LogP contribution in [0.25, 0.3) is 0 Å². The summed E-state index contributed by atoms with van der Waals surface area (Å²) >= 11 is 0. The summed E-state index contributed by atoms with van der Waals surface area (Å²) in [4.78, 5) is 18.2. The van der Waals surface area contributed by atoms with E-state index in [0.717, 1.165) is 6.15 Å². The van der Waals surface area contributed by atoms with Crippen molar-refractivity contribution in [2.24, 2.45) is 0 Å².